The van der Waals surface area contributed by atoms with Gasteiger partial charge in [0.2, 0.25) is 0 Å². The lowest BCUT2D eigenvalue weighted by Crippen LogP contribution is -2.49. The minimum absolute atomic E-state index is 0.0409. The molecule has 0 saturated heterocycles. The van der Waals surface area contributed by atoms with Crippen molar-refractivity contribution in [3.63, 3.8) is 0 Å². The fraction of sp³-hybridized carbons (Fsp3) is 0.667. The summed E-state index contributed by atoms with van der Waals surface area (Å²) >= 11 is 0. The number of aliphatic carboxylic acids is 1. The fourth-order valence-corrected chi connectivity index (χ4v) is 1.77. The topological polar surface area (TPSA) is 78.6 Å². The third kappa shape index (κ3) is 3.30. The van der Waals surface area contributed by atoms with Gasteiger partial charge < -0.3 is 10.2 Å². The average molecular weight is 255 g/mol. The van der Waals surface area contributed by atoms with E-state index in [9.17, 15) is 9.90 Å². The Balaban J connectivity index is 2.76. The number of nitrogens with zero attached hydrogens (tertiary/aromatic N) is 3. The minimum Gasteiger partial charge on any atom is -0.480 e. The number of rotatable bonds is 7. The van der Waals surface area contributed by atoms with E-state index in [0.29, 0.717) is 19.6 Å². The van der Waals surface area contributed by atoms with Gasteiger partial charge in [-0.05, 0) is 20.4 Å². The van der Waals surface area contributed by atoms with Crippen molar-refractivity contribution in [1.29, 1.82) is 0 Å². The van der Waals surface area contributed by atoms with Gasteiger partial charge in [0.25, 0.3) is 0 Å². The third-order valence-electron chi connectivity index (χ3n) is 3.08. The zero-order chi connectivity index (χ0) is 13.8. The highest BCUT2D eigenvalue weighted by molar-refractivity contribution is 5.77. The molecule has 0 radical (unpaired) electrons. The highest BCUT2D eigenvalue weighted by Gasteiger charge is 2.33. The second kappa shape index (κ2) is 5.97. The summed E-state index contributed by atoms with van der Waals surface area (Å²) < 4.78 is 1.65. The Hall–Kier alpha value is -1.40. The van der Waals surface area contributed by atoms with Crippen molar-refractivity contribution in [3.8, 4) is 0 Å². The summed E-state index contributed by atoms with van der Waals surface area (Å²) in [6.45, 7) is 6.98. The van der Waals surface area contributed by atoms with Gasteiger partial charge in [-0.3, -0.25) is 14.4 Å². The van der Waals surface area contributed by atoms with E-state index in [0.717, 1.165) is 5.56 Å². The Morgan fingerprint density at radius 1 is 1.56 bits per heavy atom. The maximum Gasteiger partial charge on any atom is 0.323 e. The van der Waals surface area contributed by atoms with Crippen molar-refractivity contribution in [2.75, 3.05) is 13.2 Å². The van der Waals surface area contributed by atoms with E-state index in [1.165, 1.54) is 0 Å². The Labute approximate surface area is 107 Å². The SMILES string of the molecule is CCN(Cc1cnn(CCO)c1)C(C)(C)C(=O)O. The predicted octanol–water partition coefficient (Wildman–Crippen LogP) is 0.560. The number of carbonyl (C=O) groups is 1. The van der Waals surface area contributed by atoms with E-state index < -0.39 is 11.5 Å². The van der Waals surface area contributed by atoms with Crippen molar-refractivity contribution >= 4 is 5.97 Å². The van der Waals surface area contributed by atoms with Crippen molar-refractivity contribution in [2.45, 2.75) is 39.4 Å². The van der Waals surface area contributed by atoms with Crippen molar-refractivity contribution in [3.05, 3.63) is 18.0 Å². The molecule has 0 aliphatic rings. The molecule has 6 heteroatoms. The molecule has 1 heterocycles. The van der Waals surface area contributed by atoms with Gasteiger partial charge in [-0.15, -0.1) is 0 Å². The molecule has 0 aromatic carbocycles. The number of hydrogen-bond acceptors (Lipinski definition) is 4. The van der Waals surface area contributed by atoms with Crippen LogP contribution in [0.4, 0.5) is 0 Å². The van der Waals surface area contributed by atoms with Gasteiger partial charge in [0.15, 0.2) is 0 Å². The van der Waals surface area contributed by atoms with Gasteiger partial charge in [-0.1, -0.05) is 6.92 Å². The van der Waals surface area contributed by atoms with Crippen LogP contribution in [0.25, 0.3) is 0 Å². The molecular weight excluding hydrogens is 234 g/mol. The molecule has 1 aromatic heterocycles. The number of aliphatic hydroxyl groups is 1. The summed E-state index contributed by atoms with van der Waals surface area (Å²) in [7, 11) is 0. The van der Waals surface area contributed by atoms with Crippen LogP contribution in [-0.4, -0.2) is 49.6 Å². The lowest BCUT2D eigenvalue weighted by molar-refractivity contribution is -0.149. The molecule has 0 aliphatic carbocycles. The number of carboxylic acid groups (broad SMARTS) is 1. The van der Waals surface area contributed by atoms with Crippen molar-refractivity contribution in [2.24, 2.45) is 0 Å². The van der Waals surface area contributed by atoms with Crippen LogP contribution in [0.2, 0.25) is 0 Å². The molecule has 0 unspecified atom stereocenters. The molecule has 0 amide bonds. The van der Waals surface area contributed by atoms with Gasteiger partial charge in [-0.25, -0.2) is 0 Å². The smallest absolute Gasteiger partial charge is 0.323 e. The molecule has 1 aromatic rings. The summed E-state index contributed by atoms with van der Waals surface area (Å²) in [4.78, 5) is 13.1. The predicted molar refractivity (Wildman–Crippen MR) is 67.1 cm³/mol. The molecule has 18 heavy (non-hydrogen) atoms. The molecule has 6 nitrogen and oxygen atoms in total. The van der Waals surface area contributed by atoms with E-state index >= 15 is 0 Å². The molecule has 0 bridgehead atoms. The highest BCUT2D eigenvalue weighted by Crippen LogP contribution is 2.17. The first-order valence-electron chi connectivity index (χ1n) is 6.02. The summed E-state index contributed by atoms with van der Waals surface area (Å²) in [5.41, 5.74) is 0.0352. The zero-order valence-electron chi connectivity index (χ0n) is 11.1. The molecular formula is C12H21N3O3. The number of carboxylic acids is 1. The van der Waals surface area contributed by atoms with Gasteiger partial charge >= 0.3 is 5.97 Å². The second-order valence-corrected chi connectivity index (χ2v) is 4.71. The first kappa shape index (κ1) is 14.7. The average Bonchev–Trinajstić information content (AvgIpc) is 2.73. The molecule has 0 spiro atoms. The Morgan fingerprint density at radius 3 is 2.72 bits per heavy atom. The number of hydrogen-bond donors (Lipinski definition) is 2. The lowest BCUT2D eigenvalue weighted by atomic mass is 10.0. The quantitative estimate of drug-likeness (QED) is 0.744. The normalized spacial score (nSPS) is 12.1. The molecule has 102 valence electrons. The van der Waals surface area contributed by atoms with Crippen LogP contribution in [0.1, 0.15) is 26.3 Å². The van der Waals surface area contributed by atoms with Gasteiger partial charge in [-0.2, -0.15) is 5.10 Å². The molecule has 2 N–H and O–H groups in total. The van der Waals surface area contributed by atoms with Crippen LogP contribution in [0.3, 0.4) is 0 Å². The molecule has 0 aliphatic heterocycles. The van der Waals surface area contributed by atoms with Crippen LogP contribution in [-0.2, 0) is 17.9 Å². The van der Waals surface area contributed by atoms with Crippen molar-refractivity contribution < 1.29 is 15.0 Å². The van der Waals surface area contributed by atoms with E-state index in [1.54, 1.807) is 24.7 Å². The Morgan fingerprint density at radius 2 is 2.22 bits per heavy atom. The fourth-order valence-electron chi connectivity index (χ4n) is 1.77. The Kier molecular flexibility index (Phi) is 4.86. The largest absolute Gasteiger partial charge is 0.480 e. The summed E-state index contributed by atoms with van der Waals surface area (Å²) in [6, 6.07) is 0. The van der Waals surface area contributed by atoms with Gasteiger partial charge in [0.05, 0.1) is 19.3 Å². The monoisotopic (exact) mass is 255 g/mol. The Bertz CT molecular complexity index is 401. The molecule has 0 fully saturated rings. The number of aliphatic hydroxyl groups excluding tert-OH is 1. The molecule has 1 rings (SSSR count). The maximum absolute atomic E-state index is 11.2. The van der Waals surface area contributed by atoms with Crippen LogP contribution < -0.4 is 0 Å². The van der Waals surface area contributed by atoms with Crippen LogP contribution >= 0.6 is 0 Å². The lowest BCUT2D eigenvalue weighted by Gasteiger charge is -2.33. The summed E-state index contributed by atoms with van der Waals surface area (Å²) in [6.07, 6.45) is 3.53. The maximum atomic E-state index is 11.2. The summed E-state index contributed by atoms with van der Waals surface area (Å²) in [5, 5.41) is 22.1. The first-order chi connectivity index (χ1) is 8.41. The van der Waals surface area contributed by atoms with E-state index in [2.05, 4.69) is 5.10 Å². The summed E-state index contributed by atoms with van der Waals surface area (Å²) in [5.74, 6) is -0.841. The van der Waals surface area contributed by atoms with Crippen LogP contribution in [0.5, 0.6) is 0 Å². The first-order valence-corrected chi connectivity index (χ1v) is 6.02. The zero-order valence-corrected chi connectivity index (χ0v) is 11.1. The number of aromatic nitrogens is 2. The molecule has 0 atom stereocenters. The van der Waals surface area contributed by atoms with Crippen LogP contribution in [0, 0.1) is 0 Å². The highest BCUT2D eigenvalue weighted by atomic mass is 16.4. The van der Waals surface area contributed by atoms with E-state index in [1.807, 2.05) is 18.0 Å². The van der Waals surface area contributed by atoms with E-state index in [-0.39, 0.29) is 6.61 Å². The van der Waals surface area contributed by atoms with Gasteiger partial charge in [0, 0.05) is 18.3 Å². The van der Waals surface area contributed by atoms with E-state index in [4.69, 9.17) is 5.11 Å². The standard InChI is InChI=1S/C12H21N3O3/c1-4-14(12(2,3)11(17)18)8-10-7-13-15(9-10)5-6-16/h7,9,16H,4-6,8H2,1-3H3,(H,17,18). The van der Waals surface area contributed by atoms with Crippen LogP contribution in [0.15, 0.2) is 12.4 Å². The van der Waals surface area contributed by atoms with Gasteiger partial charge in [0.1, 0.15) is 5.54 Å². The third-order valence-corrected chi connectivity index (χ3v) is 3.08. The second-order valence-electron chi connectivity index (χ2n) is 4.71. The molecule has 0 saturated carbocycles. The minimum atomic E-state index is -0.909. The van der Waals surface area contributed by atoms with Crippen molar-refractivity contribution in [1.82, 2.24) is 14.7 Å². The number of likely N-dealkylation sites (N-methyl/N-ethyl adjacent to an activating group) is 1.